The minimum Gasteiger partial charge on any atom is -0.481 e. The van der Waals surface area contributed by atoms with E-state index in [0.717, 1.165) is 0 Å². The van der Waals surface area contributed by atoms with Crippen LogP contribution in [0, 0.1) is 11.3 Å². The van der Waals surface area contributed by atoms with E-state index in [1.54, 1.807) is 20.8 Å². The molecule has 6 nitrogen and oxygen atoms in total. The van der Waals surface area contributed by atoms with Crippen LogP contribution in [0.2, 0.25) is 0 Å². The molecule has 0 saturated heterocycles. The van der Waals surface area contributed by atoms with Crippen LogP contribution in [0.5, 0.6) is 0 Å². The van der Waals surface area contributed by atoms with Gasteiger partial charge in [0.25, 0.3) is 0 Å². The molecule has 124 valence electrons. The predicted molar refractivity (Wildman–Crippen MR) is 80.1 cm³/mol. The quantitative estimate of drug-likeness (QED) is 0.490. The number of amides is 1. The highest BCUT2D eigenvalue weighted by Crippen LogP contribution is 2.28. The Bertz CT molecular complexity index is 315. The van der Waals surface area contributed by atoms with E-state index >= 15 is 0 Å². The van der Waals surface area contributed by atoms with Gasteiger partial charge >= 0.3 is 5.97 Å². The fourth-order valence-electron chi connectivity index (χ4n) is 2.00. The van der Waals surface area contributed by atoms with Crippen molar-refractivity contribution in [1.82, 2.24) is 4.90 Å². The van der Waals surface area contributed by atoms with Gasteiger partial charge in [-0.1, -0.05) is 20.8 Å². The molecule has 0 aromatic rings. The third kappa shape index (κ3) is 7.43. The van der Waals surface area contributed by atoms with Crippen molar-refractivity contribution in [3.8, 4) is 0 Å². The van der Waals surface area contributed by atoms with E-state index in [1.807, 2.05) is 13.8 Å². The van der Waals surface area contributed by atoms with E-state index in [1.165, 1.54) is 4.90 Å². The fourth-order valence-corrected chi connectivity index (χ4v) is 2.00. The van der Waals surface area contributed by atoms with Gasteiger partial charge in [-0.05, 0) is 19.3 Å². The summed E-state index contributed by atoms with van der Waals surface area (Å²) in [6, 6.07) is 0. The maximum Gasteiger partial charge on any atom is 0.316 e. The number of carboxylic acid groups (broad SMARTS) is 1. The van der Waals surface area contributed by atoms with Crippen LogP contribution in [0.25, 0.3) is 0 Å². The first-order chi connectivity index (χ1) is 9.75. The molecule has 0 aromatic heterocycles. The Hall–Kier alpha value is -1.14. The van der Waals surface area contributed by atoms with Gasteiger partial charge in [0.15, 0.2) is 0 Å². The second-order valence-corrected chi connectivity index (χ2v) is 5.86. The first kappa shape index (κ1) is 19.9. The molecule has 0 heterocycles. The van der Waals surface area contributed by atoms with E-state index < -0.39 is 17.3 Å². The zero-order valence-corrected chi connectivity index (χ0v) is 13.8. The number of aliphatic carboxylic acids is 1. The van der Waals surface area contributed by atoms with Gasteiger partial charge in [0, 0.05) is 26.3 Å². The normalized spacial score (nSPS) is 13.0. The molecule has 0 bridgehead atoms. The summed E-state index contributed by atoms with van der Waals surface area (Å²) in [7, 11) is 0. The number of nitrogens with zero attached hydrogens (tertiary/aromatic N) is 1. The smallest absolute Gasteiger partial charge is 0.316 e. The number of hydrogen-bond donors (Lipinski definition) is 1. The summed E-state index contributed by atoms with van der Waals surface area (Å²) in [5.74, 6) is -2.54. The molecule has 0 rings (SSSR count). The largest absolute Gasteiger partial charge is 0.481 e. The highest BCUT2D eigenvalue weighted by Gasteiger charge is 2.39. The molecule has 1 amide bonds. The summed E-state index contributed by atoms with van der Waals surface area (Å²) in [6.45, 7) is 11.7. The Labute approximate surface area is 127 Å². The summed E-state index contributed by atoms with van der Waals surface area (Å²) in [4.78, 5) is 25.5. The van der Waals surface area contributed by atoms with Crippen molar-refractivity contribution in [2.24, 2.45) is 11.3 Å². The first-order valence-electron chi connectivity index (χ1n) is 7.42. The van der Waals surface area contributed by atoms with Crippen molar-refractivity contribution < 1.29 is 24.2 Å². The lowest BCUT2D eigenvalue weighted by Gasteiger charge is -2.32. The van der Waals surface area contributed by atoms with Gasteiger partial charge < -0.3 is 19.5 Å². The number of hydrogen-bond acceptors (Lipinski definition) is 4. The molecule has 0 aliphatic rings. The maximum absolute atomic E-state index is 12.6. The molecular formula is C15H29NO5. The van der Waals surface area contributed by atoms with Crippen LogP contribution in [0.15, 0.2) is 0 Å². The third-order valence-corrected chi connectivity index (χ3v) is 3.09. The molecule has 0 aliphatic carbocycles. The fraction of sp³-hybridized carbons (Fsp3) is 0.867. The number of rotatable bonds is 10. The Balaban J connectivity index is 4.90. The molecule has 0 fully saturated rings. The molecule has 0 aromatic carbocycles. The second kappa shape index (κ2) is 9.73. The topological polar surface area (TPSA) is 76.1 Å². The predicted octanol–water partition coefficient (Wildman–Crippen LogP) is 1.63. The van der Waals surface area contributed by atoms with Crippen LogP contribution in [0.1, 0.15) is 34.6 Å². The number of carbonyl (C=O) groups is 2. The molecule has 0 aliphatic heterocycles. The minimum absolute atomic E-state index is 0.375. The average molecular weight is 303 g/mol. The molecule has 1 unspecified atom stereocenters. The van der Waals surface area contributed by atoms with E-state index in [4.69, 9.17) is 9.47 Å². The summed E-state index contributed by atoms with van der Waals surface area (Å²) >= 11 is 0. The van der Waals surface area contributed by atoms with Crippen LogP contribution in [0.3, 0.4) is 0 Å². The van der Waals surface area contributed by atoms with Gasteiger partial charge in [0.1, 0.15) is 5.92 Å². The van der Waals surface area contributed by atoms with Gasteiger partial charge in [-0.25, -0.2) is 0 Å². The summed E-state index contributed by atoms with van der Waals surface area (Å²) in [6.07, 6.45) is 0. The summed E-state index contributed by atoms with van der Waals surface area (Å²) < 4.78 is 10.5. The van der Waals surface area contributed by atoms with Gasteiger partial charge in [0.2, 0.25) is 5.91 Å². The number of ether oxygens (including phenoxy) is 2. The molecule has 1 atom stereocenters. The molecule has 6 heteroatoms. The van der Waals surface area contributed by atoms with Crippen LogP contribution in [0.4, 0.5) is 0 Å². The molecule has 0 saturated carbocycles. The summed E-state index contributed by atoms with van der Waals surface area (Å²) in [5, 5.41) is 9.36. The van der Waals surface area contributed by atoms with E-state index in [9.17, 15) is 14.7 Å². The van der Waals surface area contributed by atoms with Crippen molar-refractivity contribution in [3.05, 3.63) is 0 Å². The Morgan fingerprint density at radius 1 is 1.05 bits per heavy atom. The number of carboxylic acids is 1. The van der Waals surface area contributed by atoms with Crippen molar-refractivity contribution in [2.75, 3.05) is 39.5 Å². The zero-order chi connectivity index (χ0) is 16.5. The molecule has 1 N–H and O–H groups in total. The van der Waals surface area contributed by atoms with Crippen molar-refractivity contribution in [3.63, 3.8) is 0 Å². The Morgan fingerprint density at radius 3 is 1.76 bits per heavy atom. The molecular weight excluding hydrogens is 274 g/mol. The van der Waals surface area contributed by atoms with Crippen molar-refractivity contribution in [2.45, 2.75) is 34.6 Å². The number of carbonyl (C=O) groups excluding carboxylic acids is 1. The Morgan fingerprint density at radius 2 is 1.48 bits per heavy atom. The molecule has 0 spiro atoms. The zero-order valence-electron chi connectivity index (χ0n) is 13.8. The lowest BCUT2D eigenvalue weighted by molar-refractivity contribution is -0.156. The minimum atomic E-state index is -1.09. The third-order valence-electron chi connectivity index (χ3n) is 3.09. The first-order valence-corrected chi connectivity index (χ1v) is 7.42. The van der Waals surface area contributed by atoms with Crippen LogP contribution >= 0.6 is 0 Å². The van der Waals surface area contributed by atoms with Crippen molar-refractivity contribution in [1.29, 1.82) is 0 Å². The monoisotopic (exact) mass is 303 g/mol. The van der Waals surface area contributed by atoms with Gasteiger partial charge in [-0.2, -0.15) is 0 Å². The molecule has 21 heavy (non-hydrogen) atoms. The highest BCUT2D eigenvalue weighted by molar-refractivity contribution is 5.97. The van der Waals surface area contributed by atoms with Crippen LogP contribution in [-0.4, -0.2) is 61.4 Å². The van der Waals surface area contributed by atoms with E-state index in [-0.39, 0.29) is 5.91 Å². The van der Waals surface area contributed by atoms with Crippen molar-refractivity contribution >= 4 is 11.9 Å². The lowest BCUT2D eigenvalue weighted by Crippen LogP contribution is -2.47. The average Bonchev–Trinajstić information content (AvgIpc) is 2.35. The van der Waals surface area contributed by atoms with E-state index in [2.05, 4.69) is 0 Å². The Kier molecular flexibility index (Phi) is 9.21. The van der Waals surface area contributed by atoms with Gasteiger partial charge in [-0.3, -0.25) is 9.59 Å². The SMILES string of the molecule is CCOCCN(CCOCC)C(=O)C(C(=O)O)C(C)(C)C. The summed E-state index contributed by atoms with van der Waals surface area (Å²) in [5.41, 5.74) is -0.640. The second-order valence-electron chi connectivity index (χ2n) is 5.86. The van der Waals surface area contributed by atoms with Crippen LogP contribution < -0.4 is 0 Å². The van der Waals surface area contributed by atoms with Gasteiger partial charge in [-0.15, -0.1) is 0 Å². The van der Waals surface area contributed by atoms with Gasteiger partial charge in [0.05, 0.1) is 13.2 Å². The van der Waals surface area contributed by atoms with Crippen LogP contribution in [-0.2, 0) is 19.1 Å². The lowest BCUT2D eigenvalue weighted by atomic mass is 9.80. The standard InChI is InChI=1S/C15H29NO5/c1-6-20-10-8-16(9-11-21-7-2)13(17)12(14(18)19)15(3,4)5/h12H,6-11H2,1-5H3,(H,18,19). The molecule has 0 radical (unpaired) electrons. The maximum atomic E-state index is 12.6. The van der Waals surface area contributed by atoms with E-state index in [0.29, 0.717) is 39.5 Å². The highest BCUT2D eigenvalue weighted by atomic mass is 16.5.